The number of nitrogens with one attached hydrogen (secondary N) is 1. The zero-order chi connectivity index (χ0) is 23.8. The largest absolute Gasteiger partial charge is 0.459 e. The molecule has 1 aromatic rings. The normalized spacial score (nSPS) is 24.1. The quantitative estimate of drug-likeness (QED) is 0.509. The third-order valence-electron chi connectivity index (χ3n) is 5.73. The number of rotatable bonds is 6. The molecule has 0 bridgehead atoms. The van der Waals surface area contributed by atoms with Gasteiger partial charge in [0.2, 0.25) is 0 Å². The first-order chi connectivity index (χ1) is 14.1. The van der Waals surface area contributed by atoms with E-state index in [0.29, 0.717) is 5.56 Å². The van der Waals surface area contributed by atoms with Gasteiger partial charge in [-0.15, -0.1) is 0 Å². The minimum absolute atomic E-state index is 0.145. The van der Waals surface area contributed by atoms with Gasteiger partial charge in [0.05, 0.1) is 0 Å². The number of carbonyl (C=O) groups is 2. The summed E-state index contributed by atoms with van der Waals surface area (Å²) < 4.78 is 24.5. The second-order valence-corrected chi connectivity index (χ2v) is 14.1. The maximum Gasteiger partial charge on any atom is 0.330 e. The standard InChI is InChI=1S/C20H32N2O8Si/c1-12-10-22(18(26)21-17(12)25)16-9-15(30-31(7,8)19(4,5)6)20(29-16,28-14(3)24)11-27-13(2)23/h10,15-16H,9,11H2,1-8H3,(H,21,25,26)/t15-,16-,20-/m1/s1. The molecule has 3 atom stereocenters. The van der Waals surface area contributed by atoms with E-state index in [9.17, 15) is 19.2 Å². The lowest BCUT2D eigenvalue weighted by Crippen LogP contribution is -2.54. The summed E-state index contributed by atoms with van der Waals surface area (Å²) in [6, 6.07) is 0. The first kappa shape index (κ1) is 25.0. The molecule has 1 aliphatic heterocycles. The van der Waals surface area contributed by atoms with Crippen molar-refractivity contribution in [1.82, 2.24) is 9.55 Å². The smallest absolute Gasteiger partial charge is 0.330 e. The van der Waals surface area contributed by atoms with Crippen LogP contribution < -0.4 is 11.2 Å². The first-order valence-electron chi connectivity index (χ1n) is 10.1. The molecule has 1 saturated heterocycles. The lowest BCUT2D eigenvalue weighted by atomic mass is 10.1. The van der Waals surface area contributed by atoms with Gasteiger partial charge in [-0.1, -0.05) is 20.8 Å². The van der Waals surface area contributed by atoms with Crippen LogP contribution in [0.25, 0.3) is 0 Å². The van der Waals surface area contributed by atoms with E-state index in [2.05, 4.69) is 25.8 Å². The molecule has 0 radical (unpaired) electrons. The third-order valence-corrected chi connectivity index (χ3v) is 10.2. The SMILES string of the molecule is CC(=O)OC[C@@]1(OC(C)=O)O[C@@H](n2cc(C)c(=O)[nH]c2=O)C[C@H]1O[Si](C)(C)C(C)(C)C. The molecule has 1 aliphatic rings. The van der Waals surface area contributed by atoms with Crippen molar-refractivity contribution in [3.63, 3.8) is 0 Å². The summed E-state index contributed by atoms with van der Waals surface area (Å²) in [5.41, 5.74) is -0.854. The Labute approximate surface area is 182 Å². The van der Waals surface area contributed by atoms with Crippen LogP contribution in [0.2, 0.25) is 18.1 Å². The van der Waals surface area contributed by atoms with E-state index in [4.69, 9.17) is 18.6 Å². The molecule has 2 rings (SSSR count). The van der Waals surface area contributed by atoms with Crippen molar-refractivity contribution in [2.75, 3.05) is 6.61 Å². The maximum atomic E-state index is 12.4. The molecule has 174 valence electrons. The highest BCUT2D eigenvalue weighted by atomic mass is 28.4. The van der Waals surface area contributed by atoms with Gasteiger partial charge in [-0.2, -0.15) is 0 Å². The number of H-pyrrole nitrogens is 1. The monoisotopic (exact) mass is 456 g/mol. The number of aromatic nitrogens is 2. The summed E-state index contributed by atoms with van der Waals surface area (Å²) in [6.07, 6.45) is -0.189. The number of nitrogens with zero attached hydrogens (tertiary/aromatic N) is 1. The lowest BCUT2D eigenvalue weighted by molar-refractivity contribution is -0.269. The average molecular weight is 457 g/mol. The van der Waals surface area contributed by atoms with Crippen molar-refractivity contribution in [3.05, 3.63) is 32.6 Å². The van der Waals surface area contributed by atoms with Gasteiger partial charge in [-0.25, -0.2) is 4.79 Å². The maximum absolute atomic E-state index is 12.4. The Morgan fingerprint density at radius 3 is 2.39 bits per heavy atom. The Bertz CT molecular complexity index is 961. The number of ether oxygens (including phenoxy) is 3. The molecule has 11 heteroatoms. The van der Waals surface area contributed by atoms with Gasteiger partial charge in [0.25, 0.3) is 11.3 Å². The van der Waals surface area contributed by atoms with Crippen LogP contribution in [0, 0.1) is 6.92 Å². The van der Waals surface area contributed by atoms with E-state index in [1.54, 1.807) is 6.92 Å². The molecule has 0 aromatic carbocycles. The molecule has 10 nitrogen and oxygen atoms in total. The highest BCUT2D eigenvalue weighted by Gasteiger charge is 2.57. The van der Waals surface area contributed by atoms with Crippen LogP contribution >= 0.6 is 0 Å². The molecule has 0 spiro atoms. The van der Waals surface area contributed by atoms with Gasteiger partial charge >= 0.3 is 17.6 Å². The fraction of sp³-hybridized carbons (Fsp3) is 0.700. The molecular weight excluding hydrogens is 424 g/mol. The van der Waals surface area contributed by atoms with E-state index in [1.807, 2.05) is 13.1 Å². The van der Waals surface area contributed by atoms with Gasteiger partial charge in [-0.3, -0.25) is 23.9 Å². The Morgan fingerprint density at radius 2 is 1.87 bits per heavy atom. The Kier molecular flexibility index (Phi) is 7.03. The van der Waals surface area contributed by atoms with Crippen LogP contribution in [0.1, 0.15) is 52.8 Å². The van der Waals surface area contributed by atoms with Gasteiger partial charge < -0.3 is 18.6 Å². The van der Waals surface area contributed by atoms with Crippen LogP contribution in [0.3, 0.4) is 0 Å². The number of aromatic amines is 1. The Balaban J connectivity index is 2.54. The zero-order valence-corrected chi connectivity index (χ0v) is 20.4. The summed E-state index contributed by atoms with van der Waals surface area (Å²) in [5, 5.41) is -0.167. The van der Waals surface area contributed by atoms with Crippen LogP contribution in [0.4, 0.5) is 0 Å². The molecule has 1 aromatic heterocycles. The first-order valence-corrected chi connectivity index (χ1v) is 13.0. The van der Waals surface area contributed by atoms with E-state index < -0.39 is 56.2 Å². The number of aryl methyl sites for hydroxylation is 1. The summed E-state index contributed by atoms with van der Waals surface area (Å²) in [6.45, 7) is 13.8. The second-order valence-electron chi connectivity index (χ2n) is 9.34. The molecule has 1 N–H and O–H groups in total. The minimum Gasteiger partial charge on any atom is -0.459 e. The third kappa shape index (κ3) is 5.52. The van der Waals surface area contributed by atoms with Gasteiger partial charge in [0.1, 0.15) is 12.3 Å². The minimum atomic E-state index is -2.39. The average Bonchev–Trinajstić information content (AvgIpc) is 2.92. The Morgan fingerprint density at radius 1 is 1.26 bits per heavy atom. The highest BCUT2D eigenvalue weighted by Crippen LogP contribution is 2.45. The highest BCUT2D eigenvalue weighted by molar-refractivity contribution is 6.74. The topological polar surface area (TPSA) is 126 Å². The van der Waals surface area contributed by atoms with Crippen molar-refractivity contribution in [3.8, 4) is 0 Å². The van der Waals surface area contributed by atoms with Crippen molar-refractivity contribution < 1.29 is 28.2 Å². The molecule has 1 fully saturated rings. The molecule has 2 heterocycles. The van der Waals surface area contributed by atoms with Gasteiger partial charge in [-0.05, 0) is 25.1 Å². The van der Waals surface area contributed by atoms with Gasteiger partial charge in [0.15, 0.2) is 14.9 Å². The zero-order valence-electron chi connectivity index (χ0n) is 19.4. The van der Waals surface area contributed by atoms with Crippen LogP contribution in [-0.2, 0) is 28.2 Å². The predicted molar refractivity (Wildman–Crippen MR) is 114 cm³/mol. The van der Waals surface area contributed by atoms with Crippen molar-refractivity contribution in [2.24, 2.45) is 0 Å². The molecule has 0 saturated carbocycles. The van der Waals surface area contributed by atoms with Crippen molar-refractivity contribution >= 4 is 20.3 Å². The van der Waals surface area contributed by atoms with Crippen LogP contribution in [0.15, 0.2) is 15.8 Å². The second kappa shape index (κ2) is 8.71. The molecule has 31 heavy (non-hydrogen) atoms. The summed E-state index contributed by atoms with van der Waals surface area (Å²) >= 11 is 0. The lowest BCUT2D eigenvalue weighted by Gasteiger charge is -2.42. The number of carbonyl (C=O) groups excluding carboxylic acids is 2. The van der Waals surface area contributed by atoms with E-state index in [-0.39, 0.29) is 11.5 Å². The molecule has 0 amide bonds. The molecular formula is C20H32N2O8Si. The fourth-order valence-corrected chi connectivity index (χ4v) is 4.39. The van der Waals surface area contributed by atoms with Crippen LogP contribution in [-0.4, -0.2) is 48.3 Å². The molecule has 0 unspecified atom stereocenters. The van der Waals surface area contributed by atoms with E-state index >= 15 is 0 Å². The summed E-state index contributed by atoms with van der Waals surface area (Å²) in [7, 11) is -2.39. The van der Waals surface area contributed by atoms with Crippen molar-refractivity contribution in [1.29, 1.82) is 0 Å². The van der Waals surface area contributed by atoms with Crippen molar-refractivity contribution in [2.45, 2.75) is 84.2 Å². The fourth-order valence-electron chi connectivity index (χ4n) is 3.05. The predicted octanol–water partition coefficient (Wildman–Crippen LogP) is 1.98. The van der Waals surface area contributed by atoms with E-state index in [1.165, 1.54) is 24.6 Å². The Hall–Kier alpha value is -2.24. The summed E-state index contributed by atoms with van der Waals surface area (Å²) in [4.78, 5) is 49.9. The number of hydrogen-bond acceptors (Lipinski definition) is 8. The number of hydrogen-bond donors (Lipinski definition) is 1. The summed E-state index contributed by atoms with van der Waals surface area (Å²) in [5.74, 6) is -2.97. The van der Waals surface area contributed by atoms with E-state index in [0.717, 1.165) is 0 Å². The molecule has 0 aliphatic carbocycles. The number of esters is 2. The van der Waals surface area contributed by atoms with Crippen LogP contribution in [0.5, 0.6) is 0 Å². The van der Waals surface area contributed by atoms with Gasteiger partial charge in [0, 0.05) is 32.0 Å².